The number of hydrogen-bond acceptors (Lipinski definition) is 7. The van der Waals surface area contributed by atoms with Gasteiger partial charge in [0.25, 0.3) is 0 Å². The zero-order valence-electron chi connectivity index (χ0n) is 19.3. The summed E-state index contributed by atoms with van der Waals surface area (Å²) in [5, 5.41) is 5.21. The molecule has 3 N–H and O–H groups in total. The second-order valence-corrected chi connectivity index (χ2v) is 12.3. The van der Waals surface area contributed by atoms with Crippen molar-refractivity contribution in [2.45, 2.75) is 67.1 Å². The van der Waals surface area contributed by atoms with Gasteiger partial charge in [-0.2, -0.15) is 0 Å². The smallest absolute Gasteiger partial charge is 0.225 e. The lowest BCUT2D eigenvalue weighted by Crippen LogP contribution is -2.54. The van der Waals surface area contributed by atoms with Crippen LogP contribution in [0.1, 0.15) is 44.2 Å². The van der Waals surface area contributed by atoms with E-state index in [0.717, 1.165) is 25.9 Å². The van der Waals surface area contributed by atoms with Gasteiger partial charge in [0.2, 0.25) is 5.91 Å². The van der Waals surface area contributed by atoms with Crippen LogP contribution in [0.15, 0.2) is 30.3 Å². The molecule has 4 heterocycles. The summed E-state index contributed by atoms with van der Waals surface area (Å²) in [6, 6.07) is 11.4. The number of thioether (sulfide) groups is 1. The first kappa shape index (κ1) is 21.1. The monoisotopic (exact) mass is 469 g/mol. The van der Waals surface area contributed by atoms with Gasteiger partial charge in [0.05, 0.1) is 30.9 Å². The molecular formula is C25H35N5O2S. The molecule has 2 saturated carbocycles. The molecule has 6 fully saturated rings. The minimum atomic E-state index is 0.139. The summed E-state index contributed by atoms with van der Waals surface area (Å²) >= 11 is 2.16. The molecular weight excluding hydrogens is 434 g/mol. The molecule has 8 heteroatoms. The van der Waals surface area contributed by atoms with Crippen LogP contribution in [0.4, 0.5) is 0 Å². The number of nitrogens with one attached hydrogen (secondary N) is 3. The number of nitrogens with zero attached hydrogens (tertiary/aromatic N) is 2. The van der Waals surface area contributed by atoms with Gasteiger partial charge in [-0.1, -0.05) is 30.3 Å². The van der Waals surface area contributed by atoms with Crippen LogP contribution in [-0.4, -0.2) is 70.5 Å². The number of fused-ring (bicyclic) bond motifs is 6. The lowest BCUT2D eigenvalue weighted by molar-refractivity contribution is -0.139. The van der Waals surface area contributed by atoms with Crippen molar-refractivity contribution in [1.29, 1.82) is 0 Å². The average molecular weight is 470 g/mol. The van der Waals surface area contributed by atoms with Gasteiger partial charge in [-0.3, -0.25) is 9.69 Å². The summed E-state index contributed by atoms with van der Waals surface area (Å²) in [6.45, 7) is 5.17. The van der Waals surface area contributed by atoms with E-state index in [2.05, 4.69) is 75.0 Å². The highest BCUT2D eigenvalue weighted by Crippen LogP contribution is 2.61. The molecule has 4 aliphatic heterocycles. The highest BCUT2D eigenvalue weighted by Gasteiger charge is 2.65. The van der Waals surface area contributed by atoms with Gasteiger partial charge >= 0.3 is 0 Å². The number of carbonyl (C=O) groups excluding carboxylic acids is 1. The fraction of sp³-hybridized carbons (Fsp3) is 0.720. The lowest BCUT2D eigenvalue weighted by atomic mass is 9.80. The highest BCUT2D eigenvalue weighted by atomic mass is 32.2. The van der Waals surface area contributed by atoms with Crippen LogP contribution in [0.25, 0.3) is 0 Å². The van der Waals surface area contributed by atoms with Gasteiger partial charge in [0.1, 0.15) is 0 Å². The van der Waals surface area contributed by atoms with E-state index in [9.17, 15) is 4.79 Å². The van der Waals surface area contributed by atoms with Crippen LogP contribution in [0.5, 0.6) is 0 Å². The summed E-state index contributed by atoms with van der Waals surface area (Å²) in [7, 11) is 0. The Morgan fingerprint density at radius 2 is 1.91 bits per heavy atom. The van der Waals surface area contributed by atoms with Crippen molar-refractivity contribution < 1.29 is 9.53 Å². The molecule has 6 aliphatic rings. The lowest BCUT2D eigenvalue weighted by Gasteiger charge is -2.36. The Bertz CT molecular complexity index is 907. The quantitative estimate of drug-likeness (QED) is 0.611. The molecule has 4 saturated heterocycles. The molecule has 7 unspecified atom stereocenters. The van der Waals surface area contributed by atoms with Crippen molar-refractivity contribution in [2.24, 2.45) is 17.8 Å². The van der Waals surface area contributed by atoms with Crippen LogP contribution >= 0.6 is 11.8 Å². The van der Waals surface area contributed by atoms with E-state index < -0.39 is 0 Å². The minimum absolute atomic E-state index is 0.139. The first-order valence-corrected chi connectivity index (χ1v) is 13.7. The third-order valence-electron chi connectivity index (χ3n) is 9.13. The van der Waals surface area contributed by atoms with E-state index in [1.165, 1.54) is 18.4 Å². The van der Waals surface area contributed by atoms with Crippen LogP contribution in [0, 0.1) is 17.8 Å². The standard InChI is InChI=1S/C25H35N5O2S/c1-15-27-28-24-25(7-8-25)26-21(16-5-3-2-4-6-16)20-18-13-17(14-19(18)33-23(20)30(15)24)22(31)29-9-11-32-12-10-29/h2-6,15,17-21,23-24,26-28H,7-14H2,1H3/t15?,17-,18?,19?,20?,21?,23?,24?/m0/s1. The maximum atomic E-state index is 13.4. The van der Waals surface area contributed by atoms with Crippen molar-refractivity contribution in [3.63, 3.8) is 0 Å². The van der Waals surface area contributed by atoms with Gasteiger partial charge in [-0.15, -0.1) is 11.8 Å². The fourth-order valence-electron chi connectivity index (χ4n) is 7.37. The summed E-state index contributed by atoms with van der Waals surface area (Å²) in [6.07, 6.45) is 5.13. The Balaban J connectivity index is 1.22. The SMILES string of the molecule is CC1NNC2N1C1SC3C[C@@H](C(=O)N4CCOCC4)CC3C1C(c1ccccc1)NC21CC1. The van der Waals surface area contributed by atoms with Crippen molar-refractivity contribution in [1.82, 2.24) is 26.0 Å². The number of hydrogen-bond donors (Lipinski definition) is 3. The molecule has 0 aromatic heterocycles. The number of benzene rings is 1. The summed E-state index contributed by atoms with van der Waals surface area (Å²) in [4.78, 5) is 18.2. The molecule has 1 spiro atoms. The van der Waals surface area contributed by atoms with E-state index in [0.29, 0.717) is 60.0 Å². The van der Waals surface area contributed by atoms with Crippen molar-refractivity contribution >= 4 is 17.7 Å². The number of ether oxygens (including phenoxy) is 1. The third-order valence-corrected chi connectivity index (χ3v) is 10.9. The third kappa shape index (κ3) is 3.32. The maximum absolute atomic E-state index is 13.4. The fourth-order valence-corrected chi connectivity index (χ4v) is 9.55. The number of hydrazine groups is 1. The number of rotatable bonds is 2. The van der Waals surface area contributed by atoms with E-state index >= 15 is 0 Å². The number of morpholine rings is 1. The largest absolute Gasteiger partial charge is 0.378 e. The molecule has 178 valence electrons. The van der Waals surface area contributed by atoms with E-state index in [4.69, 9.17) is 4.74 Å². The Morgan fingerprint density at radius 3 is 2.67 bits per heavy atom. The van der Waals surface area contributed by atoms with Crippen molar-refractivity contribution in [2.75, 3.05) is 26.3 Å². The van der Waals surface area contributed by atoms with Gasteiger partial charge in [0, 0.05) is 41.8 Å². The Morgan fingerprint density at radius 1 is 1.12 bits per heavy atom. The summed E-state index contributed by atoms with van der Waals surface area (Å²) in [5.74, 6) is 1.60. The molecule has 0 radical (unpaired) electrons. The molecule has 7 nitrogen and oxygen atoms in total. The maximum Gasteiger partial charge on any atom is 0.225 e. The Labute approximate surface area is 200 Å². The number of amides is 1. The highest BCUT2D eigenvalue weighted by molar-refractivity contribution is 8.00. The van der Waals surface area contributed by atoms with Crippen LogP contribution in [-0.2, 0) is 9.53 Å². The van der Waals surface area contributed by atoms with Gasteiger partial charge in [-0.25, -0.2) is 10.9 Å². The average Bonchev–Trinajstić information content (AvgIpc) is 3.19. The number of carbonyl (C=O) groups is 1. The van der Waals surface area contributed by atoms with Crippen molar-refractivity contribution in [3.8, 4) is 0 Å². The molecule has 1 aromatic rings. The first-order chi connectivity index (χ1) is 16.1. The van der Waals surface area contributed by atoms with Gasteiger partial charge < -0.3 is 15.0 Å². The van der Waals surface area contributed by atoms with E-state index in [1.807, 2.05) is 0 Å². The van der Waals surface area contributed by atoms with Crippen LogP contribution < -0.4 is 16.2 Å². The second-order valence-electron chi connectivity index (χ2n) is 10.9. The molecule has 2 aliphatic carbocycles. The van der Waals surface area contributed by atoms with Crippen molar-refractivity contribution in [3.05, 3.63) is 35.9 Å². The predicted octanol–water partition coefficient (Wildman–Crippen LogP) is 1.89. The zero-order chi connectivity index (χ0) is 22.2. The summed E-state index contributed by atoms with van der Waals surface area (Å²) in [5.41, 5.74) is 8.73. The first-order valence-electron chi connectivity index (χ1n) is 12.8. The van der Waals surface area contributed by atoms with Gasteiger partial charge in [0.15, 0.2) is 0 Å². The molecule has 1 aromatic carbocycles. The zero-order valence-corrected chi connectivity index (χ0v) is 20.1. The van der Waals surface area contributed by atoms with Crippen LogP contribution in [0.3, 0.4) is 0 Å². The molecule has 1 amide bonds. The minimum Gasteiger partial charge on any atom is -0.378 e. The topological polar surface area (TPSA) is 68.9 Å². The Hall–Kier alpha value is -1.16. The van der Waals surface area contributed by atoms with E-state index in [-0.39, 0.29) is 11.5 Å². The normalized spacial score (nSPS) is 43.7. The second kappa shape index (κ2) is 7.93. The van der Waals surface area contributed by atoms with E-state index in [1.54, 1.807) is 0 Å². The van der Waals surface area contributed by atoms with Crippen LogP contribution in [0.2, 0.25) is 0 Å². The molecule has 8 atom stereocenters. The molecule has 33 heavy (non-hydrogen) atoms. The predicted molar refractivity (Wildman–Crippen MR) is 128 cm³/mol. The molecule has 0 bridgehead atoms. The van der Waals surface area contributed by atoms with Gasteiger partial charge in [-0.05, 0) is 44.1 Å². The molecule has 7 rings (SSSR count). The summed E-state index contributed by atoms with van der Waals surface area (Å²) < 4.78 is 5.49. The Kier molecular flexibility index (Phi) is 5.08.